The lowest BCUT2D eigenvalue weighted by Crippen LogP contribution is -2.19. The highest BCUT2D eigenvalue weighted by Crippen LogP contribution is 2.30. The van der Waals surface area contributed by atoms with Crippen molar-refractivity contribution in [2.45, 2.75) is 6.92 Å². The van der Waals surface area contributed by atoms with Crippen LogP contribution in [0.15, 0.2) is 77.3 Å². The molecule has 0 aliphatic heterocycles. The number of hydrogen-bond acceptors (Lipinski definition) is 5. The molecular weight excluding hydrogens is 380 g/mol. The number of nitrogens with zero attached hydrogens (tertiary/aromatic N) is 2. The van der Waals surface area contributed by atoms with Gasteiger partial charge in [-0.1, -0.05) is 41.6 Å². The van der Waals surface area contributed by atoms with Crippen LogP contribution in [-0.4, -0.2) is 23.3 Å². The van der Waals surface area contributed by atoms with Crippen LogP contribution in [-0.2, 0) is 0 Å². The molecule has 7 nitrogen and oxygen atoms in total. The number of aryl methyl sites for hydroxylation is 1. The zero-order chi connectivity index (χ0) is 20.9. The van der Waals surface area contributed by atoms with Gasteiger partial charge in [0.25, 0.3) is 5.89 Å². The molecular formula is C23H20N4O3. The molecule has 0 unspecified atom stereocenters. The lowest BCUT2D eigenvalue weighted by atomic mass is 10.2. The average molecular weight is 400 g/mol. The summed E-state index contributed by atoms with van der Waals surface area (Å²) in [6, 6.07) is 21.9. The van der Waals surface area contributed by atoms with Gasteiger partial charge in [-0.25, -0.2) is 4.79 Å². The van der Waals surface area contributed by atoms with Crippen LogP contribution in [0.4, 0.5) is 16.2 Å². The number of nitrogens with one attached hydrogen (secondary N) is 2. The Hall–Kier alpha value is -4.13. The van der Waals surface area contributed by atoms with Gasteiger partial charge in [-0.05, 0) is 48.9 Å². The van der Waals surface area contributed by atoms with E-state index in [-0.39, 0.29) is 6.03 Å². The van der Waals surface area contributed by atoms with Gasteiger partial charge in [0.2, 0.25) is 5.82 Å². The minimum atomic E-state index is -0.333. The van der Waals surface area contributed by atoms with Crippen LogP contribution in [0.1, 0.15) is 5.56 Å². The molecule has 7 heteroatoms. The Balaban J connectivity index is 1.51. The van der Waals surface area contributed by atoms with Gasteiger partial charge in [0, 0.05) is 16.9 Å². The highest BCUT2D eigenvalue weighted by atomic mass is 16.5. The van der Waals surface area contributed by atoms with Crippen molar-refractivity contribution in [1.82, 2.24) is 10.1 Å². The maximum absolute atomic E-state index is 12.3. The Kier molecular flexibility index (Phi) is 5.43. The lowest BCUT2D eigenvalue weighted by Gasteiger charge is -2.08. The summed E-state index contributed by atoms with van der Waals surface area (Å²) in [5, 5.41) is 9.70. The SMILES string of the molecule is COc1ccccc1-c1nc(-c2cccc(NC(=O)Nc3cccc(C)c3)c2)no1. The fourth-order valence-corrected chi connectivity index (χ4v) is 3.02. The van der Waals surface area contributed by atoms with E-state index in [1.165, 1.54) is 0 Å². The van der Waals surface area contributed by atoms with Gasteiger partial charge in [-0.2, -0.15) is 4.98 Å². The number of amides is 2. The molecule has 2 amide bonds. The molecule has 3 aromatic carbocycles. The van der Waals surface area contributed by atoms with Crippen LogP contribution in [0, 0.1) is 6.92 Å². The van der Waals surface area contributed by atoms with E-state index in [0.717, 1.165) is 11.3 Å². The number of aromatic nitrogens is 2. The number of carbonyl (C=O) groups excluding carboxylic acids is 1. The molecule has 0 atom stereocenters. The summed E-state index contributed by atoms with van der Waals surface area (Å²) in [6.45, 7) is 1.97. The van der Waals surface area contributed by atoms with E-state index in [1.54, 1.807) is 19.2 Å². The van der Waals surface area contributed by atoms with E-state index >= 15 is 0 Å². The second-order valence-corrected chi connectivity index (χ2v) is 6.65. The topological polar surface area (TPSA) is 89.3 Å². The second-order valence-electron chi connectivity index (χ2n) is 6.65. The quantitative estimate of drug-likeness (QED) is 0.470. The molecule has 0 radical (unpaired) electrons. The summed E-state index contributed by atoms with van der Waals surface area (Å²) < 4.78 is 10.8. The standard InChI is InChI=1S/C23H20N4O3/c1-15-7-5-9-17(13-15)24-23(28)25-18-10-6-8-16(14-18)21-26-22(30-27-21)19-11-3-4-12-20(19)29-2/h3-14H,1-2H3,(H2,24,25,28). The van der Waals surface area contributed by atoms with E-state index in [0.29, 0.717) is 34.3 Å². The van der Waals surface area contributed by atoms with Crippen molar-refractivity contribution in [3.63, 3.8) is 0 Å². The summed E-state index contributed by atoms with van der Waals surface area (Å²) >= 11 is 0. The van der Waals surface area contributed by atoms with Crippen LogP contribution in [0.2, 0.25) is 0 Å². The summed E-state index contributed by atoms with van der Waals surface area (Å²) in [4.78, 5) is 16.8. The van der Waals surface area contributed by atoms with Gasteiger partial charge in [0.05, 0.1) is 12.7 Å². The third kappa shape index (κ3) is 4.30. The number of para-hydroxylation sites is 1. The molecule has 0 saturated carbocycles. The zero-order valence-corrected chi connectivity index (χ0v) is 16.5. The first-order chi connectivity index (χ1) is 14.6. The van der Waals surface area contributed by atoms with Gasteiger partial charge in [-0.3, -0.25) is 0 Å². The van der Waals surface area contributed by atoms with Crippen molar-refractivity contribution >= 4 is 17.4 Å². The first kappa shape index (κ1) is 19.2. The van der Waals surface area contributed by atoms with Crippen molar-refractivity contribution in [2.24, 2.45) is 0 Å². The molecule has 0 spiro atoms. The Morgan fingerprint density at radius 2 is 1.67 bits per heavy atom. The van der Waals surface area contributed by atoms with Gasteiger partial charge in [-0.15, -0.1) is 0 Å². The molecule has 30 heavy (non-hydrogen) atoms. The molecule has 4 aromatic rings. The Morgan fingerprint density at radius 3 is 2.43 bits per heavy atom. The Morgan fingerprint density at radius 1 is 0.933 bits per heavy atom. The number of hydrogen-bond donors (Lipinski definition) is 2. The first-order valence-corrected chi connectivity index (χ1v) is 9.34. The van der Waals surface area contributed by atoms with E-state index < -0.39 is 0 Å². The molecule has 0 fully saturated rings. The maximum Gasteiger partial charge on any atom is 0.323 e. The minimum Gasteiger partial charge on any atom is -0.496 e. The summed E-state index contributed by atoms with van der Waals surface area (Å²) in [6.07, 6.45) is 0. The molecule has 4 rings (SSSR count). The van der Waals surface area contributed by atoms with Crippen molar-refractivity contribution in [3.8, 4) is 28.6 Å². The number of urea groups is 1. The Bertz CT molecular complexity index is 1190. The number of anilines is 2. The molecule has 0 aliphatic carbocycles. The van der Waals surface area contributed by atoms with E-state index in [2.05, 4.69) is 20.8 Å². The summed E-state index contributed by atoms with van der Waals surface area (Å²) in [5.41, 5.74) is 3.83. The molecule has 1 aromatic heterocycles. The third-order valence-corrected chi connectivity index (χ3v) is 4.42. The third-order valence-electron chi connectivity index (χ3n) is 4.42. The fourth-order valence-electron chi connectivity index (χ4n) is 3.02. The van der Waals surface area contributed by atoms with E-state index in [9.17, 15) is 4.79 Å². The molecule has 1 heterocycles. The summed E-state index contributed by atoms with van der Waals surface area (Å²) in [5.74, 6) is 1.42. The fraction of sp³-hybridized carbons (Fsp3) is 0.0870. The van der Waals surface area contributed by atoms with E-state index in [4.69, 9.17) is 9.26 Å². The predicted molar refractivity (Wildman–Crippen MR) is 116 cm³/mol. The molecule has 0 saturated heterocycles. The molecule has 2 N–H and O–H groups in total. The van der Waals surface area contributed by atoms with Crippen molar-refractivity contribution in [2.75, 3.05) is 17.7 Å². The zero-order valence-electron chi connectivity index (χ0n) is 16.5. The lowest BCUT2D eigenvalue weighted by molar-refractivity contribution is 0.262. The van der Waals surface area contributed by atoms with Crippen molar-refractivity contribution in [3.05, 3.63) is 78.4 Å². The van der Waals surface area contributed by atoms with Gasteiger partial charge >= 0.3 is 6.03 Å². The van der Waals surface area contributed by atoms with Gasteiger partial charge in [0.1, 0.15) is 5.75 Å². The largest absolute Gasteiger partial charge is 0.496 e. The highest BCUT2D eigenvalue weighted by Gasteiger charge is 2.15. The van der Waals surface area contributed by atoms with Crippen LogP contribution < -0.4 is 15.4 Å². The Labute approximate surface area is 173 Å². The first-order valence-electron chi connectivity index (χ1n) is 9.34. The number of ether oxygens (including phenoxy) is 1. The van der Waals surface area contributed by atoms with Gasteiger partial charge in [0.15, 0.2) is 0 Å². The van der Waals surface area contributed by atoms with E-state index in [1.807, 2.05) is 67.6 Å². The minimum absolute atomic E-state index is 0.333. The molecule has 0 aliphatic rings. The second kappa shape index (κ2) is 8.48. The number of rotatable bonds is 5. The summed E-state index contributed by atoms with van der Waals surface area (Å²) in [7, 11) is 1.59. The van der Waals surface area contributed by atoms with Crippen molar-refractivity contribution in [1.29, 1.82) is 0 Å². The van der Waals surface area contributed by atoms with Crippen LogP contribution in [0.3, 0.4) is 0 Å². The van der Waals surface area contributed by atoms with Gasteiger partial charge < -0.3 is 19.9 Å². The smallest absolute Gasteiger partial charge is 0.323 e. The number of carbonyl (C=O) groups is 1. The molecule has 0 bridgehead atoms. The monoisotopic (exact) mass is 400 g/mol. The maximum atomic E-state index is 12.3. The van der Waals surface area contributed by atoms with Crippen LogP contribution in [0.25, 0.3) is 22.8 Å². The highest BCUT2D eigenvalue weighted by molar-refractivity contribution is 6.00. The number of benzene rings is 3. The average Bonchev–Trinajstić information content (AvgIpc) is 3.24. The van der Waals surface area contributed by atoms with Crippen LogP contribution in [0.5, 0.6) is 5.75 Å². The van der Waals surface area contributed by atoms with Crippen molar-refractivity contribution < 1.29 is 14.1 Å². The normalized spacial score (nSPS) is 10.5. The number of methoxy groups -OCH3 is 1. The van der Waals surface area contributed by atoms with Crippen LogP contribution >= 0.6 is 0 Å². The predicted octanol–water partition coefficient (Wildman–Crippen LogP) is 5.36. The molecule has 150 valence electrons.